The van der Waals surface area contributed by atoms with Gasteiger partial charge in [-0.2, -0.15) is 0 Å². The highest BCUT2D eigenvalue weighted by Crippen LogP contribution is 2.39. The fraction of sp³-hybridized carbons (Fsp3) is 0. The third kappa shape index (κ3) is 1.52. The van der Waals surface area contributed by atoms with E-state index < -0.39 is 0 Å². The molecule has 3 heterocycles. The summed E-state index contributed by atoms with van der Waals surface area (Å²) < 4.78 is 1.05. The summed E-state index contributed by atoms with van der Waals surface area (Å²) in [6.07, 6.45) is 3.72. The lowest BCUT2D eigenvalue weighted by atomic mass is 10.1. The Balaban J connectivity index is 2.00. The molecular formula is C14H9N3OS. The fourth-order valence-corrected chi connectivity index (χ4v) is 3.18. The van der Waals surface area contributed by atoms with Gasteiger partial charge >= 0.3 is 0 Å². The van der Waals surface area contributed by atoms with Crippen molar-refractivity contribution in [3.05, 3.63) is 47.2 Å². The first-order chi connectivity index (χ1) is 9.33. The minimum atomic E-state index is -0.0644. The average molecular weight is 267 g/mol. The normalized spacial score (nSPS) is 16.0. The van der Waals surface area contributed by atoms with Crippen molar-refractivity contribution >= 4 is 44.8 Å². The molecule has 1 amide bonds. The first-order valence-electron chi connectivity index (χ1n) is 5.86. The Labute approximate surface area is 112 Å². The van der Waals surface area contributed by atoms with Gasteiger partial charge < -0.3 is 10.3 Å². The standard InChI is InChI=1S/C14H9N3OS/c18-14-9(6-8-2-1-5-15-8)12-10(17-14)3-4-11-13(12)19-7-16-11/h1-7,15H,(H,17,18). The summed E-state index contributed by atoms with van der Waals surface area (Å²) in [5.41, 5.74) is 6.16. The van der Waals surface area contributed by atoms with Crippen molar-refractivity contribution in [1.82, 2.24) is 9.97 Å². The van der Waals surface area contributed by atoms with Gasteiger partial charge in [-0.15, -0.1) is 11.3 Å². The molecule has 4 nitrogen and oxygen atoms in total. The predicted molar refractivity (Wildman–Crippen MR) is 76.9 cm³/mol. The van der Waals surface area contributed by atoms with E-state index in [1.54, 1.807) is 16.8 Å². The molecule has 0 aliphatic carbocycles. The maximum atomic E-state index is 12.1. The molecule has 1 aromatic carbocycles. The number of aromatic amines is 1. The molecule has 0 saturated heterocycles. The highest BCUT2D eigenvalue weighted by atomic mass is 32.1. The van der Waals surface area contributed by atoms with Crippen molar-refractivity contribution in [1.29, 1.82) is 0 Å². The monoisotopic (exact) mass is 267 g/mol. The van der Waals surface area contributed by atoms with Gasteiger partial charge in [0.15, 0.2) is 0 Å². The molecule has 1 aliphatic heterocycles. The number of anilines is 1. The van der Waals surface area contributed by atoms with Crippen LogP contribution in [0.1, 0.15) is 11.3 Å². The van der Waals surface area contributed by atoms with E-state index in [2.05, 4.69) is 15.3 Å². The van der Waals surface area contributed by atoms with Gasteiger partial charge in [0.05, 0.1) is 27.0 Å². The smallest absolute Gasteiger partial charge is 0.256 e. The second kappa shape index (κ2) is 3.80. The Hall–Kier alpha value is -2.40. The lowest BCUT2D eigenvalue weighted by Crippen LogP contribution is -2.03. The number of thiazole rings is 1. The summed E-state index contributed by atoms with van der Waals surface area (Å²) in [5.74, 6) is -0.0644. The first kappa shape index (κ1) is 10.5. The number of carbonyl (C=O) groups excluding carboxylic acids is 1. The van der Waals surface area contributed by atoms with E-state index in [4.69, 9.17) is 0 Å². The third-order valence-corrected chi connectivity index (χ3v) is 4.04. The van der Waals surface area contributed by atoms with Crippen molar-refractivity contribution < 1.29 is 4.79 Å². The van der Waals surface area contributed by atoms with Crippen LogP contribution in [0.2, 0.25) is 0 Å². The number of fused-ring (bicyclic) bond motifs is 3. The van der Waals surface area contributed by atoms with Gasteiger partial charge in [0.25, 0.3) is 5.91 Å². The maximum Gasteiger partial charge on any atom is 0.256 e. The molecule has 19 heavy (non-hydrogen) atoms. The zero-order chi connectivity index (χ0) is 12.8. The van der Waals surface area contributed by atoms with Crippen LogP contribution in [0.3, 0.4) is 0 Å². The minimum Gasteiger partial charge on any atom is -0.362 e. The lowest BCUT2D eigenvalue weighted by molar-refractivity contribution is -0.110. The zero-order valence-corrected chi connectivity index (χ0v) is 10.6. The maximum absolute atomic E-state index is 12.1. The molecule has 92 valence electrons. The van der Waals surface area contributed by atoms with Crippen molar-refractivity contribution in [2.75, 3.05) is 5.32 Å². The molecule has 2 N–H and O–H groups in total. The number of amides is 1. The Morgan fingerprint density at radius 2 is 2.21 bits per heavy atom. The van der Waals surface area contributed by atoms with Gasteiger partial charge in [-0.05, 0) is 30.3 Å². The second-order valence-corrected chi connectivity index (χ2v) is 5.18. The van der Waals surface area contributed by atoms with Crippen LogP contribution in [0, 0.1) is 0 Å². The van der Waals surface area contributed by atoms with Crippen molar-refractivity contribution in [2.45, 2.75) is 0 Å². The van der Waals surface area contributed by atoms with Crippen LogP contribution in [0.4, 0.5) is 5.69 Å². The molecule has 0 radical (unpaired) electrons. The summed E-state index contributed by atoms with van der Waals surface area (Å²) in [6, 6.07) is 7.69. The summed E-state index contributed by atoms with van der Waals surface area (Å²) in [6.45, 7) is 0. The van der Waals surface area contributed by atoms with E-state index in [0.717, 1.165) is 27.2 Å². The SMILES string of the molecule is O=C1Nc2ccc3ncsc3c2C1=Cc1ccc[nH]1. The van der Waals surface area contributed by atoms with E-state index in [1.807, 2.05) is 36.5 Å². The first-order valence-corrected chi connectivity index (χ1v) is 6.74. The number of benzene rings is 1. The summed E-state index contributed by atoms with van der Waals surface area (Å²) in [4.78, 5) is 19.5. The Kier molecular flexibility index (Phi) is 2.10. The second-order valence-electron chi connectivity index (χ2n) is 4.33. The van der Waals surface area contributed by atoms with Gasteiger partial charge in [0.2, 0.25) is 0 Å². The van der Waals surface area contributed by atoms with Crippen LogP contribution in [0.5, 0.6) is 0 Å². The number of aromatic nitrogens is 2. The topological polar surface area (TPSA) is 57.8 Å². The molecular weight excluding hydrogens is 258 g/mol. The molecule has 4 rings (SSSR count). The zero-order valence-electron chi connectivity index (χ0n) is 9.81. The van der Waals surface area contributed by atoms with E-state index in [0.29, 0.717) is 5.57 Å². The molecule has 0 unspecified atom stereocenters. The number of carbonyl (C=O) groups is 1. The van der Waals surface area contributed by atoms with Crippen LogP contribution in [-0.2, 0) is 4.79 Å². The van der Waals surface area contributed by atoms with E-state index in [1.165, 1.54) is 0 Å². The molecule has 0 spiro atoms. The van der Waals surface area contributed by atoms with E-state index in [9.17, 15) is 4.79 Å². The van der Waals surface area contributed by atoms with Gasteiger partial charge in [0, 0.05) is 17.5 Å². The Bertz CT molecular complexity index is 814. The largest absolute Gasteiger partial charge is 0.362 e. The van der Waals surface area contributed by atoms with Crippen LogP contribution in [0.15, 0.2) is 36.0 Å². The molecule has 0 saturated carbocycles. The van der Waals surface area contributed by atoms with E-state index in [-0.39, 0.29) is 5.91 Å². The molecule has 0 atom stereocenters. The Morgan fingerprint density at radius 3 is 3.05 bits per heavy atom. The van der Waals surface area contributed by atoms with Crippen LogP contribution in [-0.4, -0.2) is 15.9 Å². The van der Waals surface area contributed by atoms with Crippen LogP contribution >= 0.6 is 11.3 Å². The minimum absolute atomic E-state index is 0.0644. The number of nitrogens with zero attached hydrogens (tertiary/aromatic N) is 1. The van der Waals surface area contributed by atoms with Gasteiger partial charge in [-0.3, -0.25) is 4.79 Å². The molecule has 0 bridgehead atoms. The predicted octanol–water partition coefficient (Wildman–Crippen LogP) is 3.12. The van der Waals surface area contributed by atoms with Crippen molar-refractivity contribution in [3.8, 4) is 0 Å². The number of hydrogen-bond acceptors (Lipinski definition) is 3. The van der Waals surface area contributed by atoms with Crippen LogP contribution in [0.25, 0.3) is 21.9 Å². The number of nitrogens with one attached hydrogen (secondary N) is 2. The van der Waals surface area contributed by atoms with Crippen LogP contribution < -0.4 is 5.32 Å². The number of hydrogen-bond donors (Lipinski definition) is 2. The Morgan fingerprint density at radius 1 is 1.26 bits per heavy atom. The van der Waals surface area contributed by atoms with Crippen molar-refractivity contribution in [3.63, 3.8) is 0 Å². The molecule has 3 aromatic rings. The quantitative estimate of drug-likeness (QED) is 0.665. The molecule has 1 aliphatic rings. The summed E-state index contributed by atoms with van der Waals surface area (Å²) in [5, 5.41) is 2.90. The van der Waals surface area contributed by atoms with Gasteiger partial charge in [0.1, 0.15) is 0 Å². The third-order valence-electron chi connectivity index (χ3n) is 3.18. The number of rotatable bonds is 1. The van der Waals surface area contributed by atoms with Crippen molar-refractivity contribution in [2.24, 2.45) is 0 Å². The average Bonchev–Trinajstić information content (AvgIpc) is 3.10. The summed E-state index contributed by atoms with van der Waals surface area (Å²) in [7, 11) is 0. The van der Waals surface area contributed by atoms with E-state index >= 15 is 0 Å². The van der Waals surface area contributed by atoms with Gasteiger partial charge in [-0.1, -0.05) is 0 Å². The molecule has 5 heteroatoms. The molecule has 2 aromatic heterocycles. The lowest BCUT2D eigenvalue weighted by Gasteiger charge is -1.99. The fourth-order valence-electron chi connectivity index (χ4n) is 2.33. The summed E-state index contributed by atoms with van der Waals surface area (Å²) >= 11 is 1.56. The highest BCUT2D eigenvalue weighted by Gasteiger charge is 2.27. The molecule has 0 fully saturated rings. The number of H-pyrrole nitrogens is 1. The highest BCUT2D eigenvalue weighted by molar-refractivity contribution is 7.17. The van der Waals surface area contributed by atoms with Gasteiger partial charge in [-0.25, -0.2) is 4.98 Å².